The van der Waals surface area contributed by atoms with Gasteiger partial charge in [0, 0.05) is 11.4 Å². The highest BCUT2D eigenvalue weighted by Gasteiger charge is 2.24. The number of nitrogens with zero attached hydrogens (tertiary/aromatic N) is 2. The van der Waals surface area contributed by atoms with E-state index in [-0.39, 0.29) is 0 Å². The zero-order valence-electron chi connectivity index (χ0n) is 8.41. The maximum absolute atomic E-state index is 4.21. The van der Waals surface area contributed by atoms with Crippen LogP contribution in [0.2, 0.25) is 0 Å². The van der Waals surface area contributed by atoms with Gasteiger partial charge >= 0.3 is 0 Å². The van der Waals surface area contributed by atoms with Gasteiger partial charge in [0.05, 0.1) is 18.2 Å². The molecule has 0 amide bonds. The van der Waals surface area contributed by atoms with Crippen molar-refractivity contribution in [2.24, 2.45) is 0 Å². The minimum absolute atomic E-state index is 0.720. The summed E-state index contributed by atoms with van der Waals surface area (Å²) >= 11 is 3.50. The number of rotatable bonds is 4. The molecule has 1 fully saturated rings. The summed E-state index contributed by atoms with van der Waals surface area (Å²) < 4.78 is 2.29. The molecular weight excluding hydrogens is 240 g/mol. The van der Waals surface area contributed by atoms with Crippen LogP contribution in [-0.4, -0.2) is 14.9 Å². The Morgan fingerprint density at radius 1 is 1.71 bits per heavy atom. The number of halogens is 1. The quantitative estimate of drug-likeness (QED) is 0.754. The van der Waals surface area contributed by atoms with Crippen molar-refractivity contribution >= 4 is 22.0 Å². The summed E-state index contributed by atoms with van der Waals surface area (Å²) in [6, 6.07) is 0.720. The largest absolute Gasteiger partial charge is 0.328 e. The van der Waals surface area contributed by atoms with Crippen LogP contribution in [0.15, 0.2) is 18.1 Å². The molecule has 2 rings (SSSR count). The van der Waals surface area contributed by atoms with E-state index in [4.69, 9.17) is 0 Å². The van der Waals surface area contributed by atoms with Crippen molar-refractivity contribution in [2.45, 2.75) is 32.2 Å². The lowest BCUT2D eigenvalue weighted by Crippen LogP contribution is -1.95. The molecule has 1 aromatic heterocycles. The second-order valence-corrected chi connectivity index (χ2v) is 4.31. The molecule has 76 valence electrons. The first-order valence-corrected chi connectivity index (χ1v) is 6.24. The summed E-state index contributed by atoms with van der Waals surface area (Å²) in [5.41, 5.74) is 2.68. The molecule has 1 heterocycles. The molecule has 14 heavy (non-hydrogen) atoms. The molecule has 0 unspecified atom stereocenters. The van der Waals surface area contributed by atoms with Crippen molar-refractivity contribution < 1.29 is 0 Å². The van der Waals surface area contributed by atoms with Crippen LogP contribution in [-0.2, 0) is 0 Å². The van der Waals surface area contributed by atoms with Gasteiger partial charge in [-0.25, -0.2) is 4.98 Å². The van der Waals surface area contributed by atoms with Crippen molar-refractivity contribution in [1.29, 1.82) is 0 Å². The minimum Gasteiger partial charge on any atom is -0.328 e. The predicted octanol–water partition coefficient (Wildman–Crippen LogP) is 3.41. The molecule has 1 aliphatic rings. The first-order chi connectivity index (χ1) is 6.85. The smallest absolute Gasteiger partial charge is 0.0953 e. The molecule has 0 radical (unpaired) electrons. The Kier molecular flexibility index (Phi) is 3.06. The molecule has 2 nitrogen and oxygen atoms in total. The lowest BCUT2D eigenvalue weighted by atomic mass is 10.2. The zero-order valence-corrected chi connectivity index (χ0v) is 10.00. The third-order valence-electron chi connectivity index (χ3n) is 2.61. The molecular formula is C11H15BrN2. The van der Waals surface area contributed by atoms with E-state index < -0.39 is 0 Å². The third kappa shape index (κ3) is 2.08. The van der Waals surface area contributed by atoms with Gasteiger partial charge in [0.25, 0.3) is 0 Å². The highest BCUT2D eigenvalue weighted by molar-refractivity contribution is 9.09. The van der Waals surface area contributed by atoms with Crippen molar-refractivity contribution in [3.8, 4) is 0 Å². The molecule has 1 aliphatic carbocycles. The van der Waals surface area contributed by atoms with Crippen LogP contribution in [0.3, 0.4) is 0 Å². The molecule has 1 saturated carbocycles. The maximum Gasteiger partial charge on any atom is 0.0953 e. The molecule has 0 saturated heterocycles. The topological polar surface area (TPSA) is 17.8 Å². The molecule has 3 heteroatoms. The molecule has 0 atom stereocenters. The van der Waals surface area contributed by atoms with Crippen LogP contribution in [0.25, 0.3) is 6.08 Å². The Balaban J connectivity index is 2.22. The zero-order chi connectivity index (χ0) is 9.97. The van der Waals surface area contributed by atoms with Crippen LogP contribution in [0.4, 0.5) is 0 Å². The number of aromatic nitrogens is 2. The van der Waals surface area contributed by atoms with Crippen molar-refractivity contribution in [3.63, 3.8) is 0 Å². The SMILES string of the molecule is CCC(=Cc1cncn1C1CC1)CBr. The summed E-state index contributed by atoms with van der Waals surface area (Å²) in [4.78, 5) is 4.21. The molecule has 0 aromatic carbocycles. The number of hydrogen-bond acceptors (Lipinski definition) is 1. The standard InChI is InChI=1S/C11H15BrN2/c1-2-9(6-12)5-11-7-13-8-14(11)10-3-4-10/h5,7-8,10H,2-4,6H2,1H3. The predicted molar refractivity (Wildman–Crippen MR) is 62.6 cm³/mol. The summed E-state index contributed by atoms with van der Waals surface area (Å²) in [7, 11) is 0. The summed E-state index contributed by atoms with van der Waals surface area (Å²) in [6.45, 7) is 2.19. The molecule has 0 spiro atoms. The number of hydrogen-bond donors (Lipinski definition) is 0. The van der Waals surface area contributed by atoms with Gasteiger partial charge in [-0.3, -0.25) is 0 Å². The average molecular weight is 255 g/mol. The van der Waals surface area contributed by atoms with Crippen LogP contribution in [0, 0.1) is 0 Å². The first-order valence-electron chi connectivity index (χ1n) is 5.12. The van der Waals surface area contributed by atoms with E-state index >= 15 is 0 Å². The van der Waals surface area contributed by atoms with Crippen LogP contribution in [0.5, 0.6) is 0 Å². The maximum atomic E-state index is 4.21. The van der Waals surface area contributed by atoms with Crippen molar-refractivity contribution in [3.05, 3.63) is 23.8 Å². The third-order valence-corrected chi connectivity index (χ3v) is 3.33. The molecule has 0 N–H and O–H groups in total. The lowest BCUT2D eigenvalue weighted by molar-refractivity contribution is 0.733. The molecule has 0 bridgehead atoms. The van der Waals surface area contributed by atoms with Gasteiger partial charge in [-0.2, -0.15) is 0 Å². The van der Waals surface area contributed by atoms with E-state index in [0.717, 1.165) is 17.8 Å². The summed E-state index contributed by atoms with van der Waals surface area (Å²) in [5.74, 6) is 0. The summed E-state index contributed by atoms with van der Waals surface area (Å²) in [6.07, 6.45) is 9.88. The monoisotopic (exact) mass is 254 g/mol. The number of imidazole rings is 1. The van der Waals surface area contributed by atoms with E-state index in [1.165, 1.54) is 24.1 Å². The van der Waals surface area contributed by atoms with Gasteiger partial charge in [0.2, 0.25) is 0 Å². The first kappa shape index (κ1) is 9.97. The van der Waals surface area contributed by atoms with Gasteiger partial charge < -0.3 is 4.57 Å². The molecule has 0 aliphatic heterocycles. The Labute approximate surface area is 93.2 Å². The van der Waals surface area contributed by atoms with E-state index in [9.17, 15) is 0 Å². The van der Waals surface area contributed by atoms with Gasteiger partial charge in [-0.05, 0) is 25.3 Å². The number of allylic oxidation sites excluding steroid dienone is 1. The van der Waals surface area contributed by atoms with E-state index in [2.05, 4.69) is 38.5 Å². The van der Waals surface area contributed by atoms with Crippen molar-refractivity contribution in [1.82, 2.24) is 9.55 Å². The second kappa shape index (κ2) is 4.30. The Morgan fingerprint density at radius 2 is 2.50 bits per heavy atom. The Morgan fingerprint density at radius 3 is 3.07 bits per heavy atom. The number of alkyl halides is 1. The van der Waals surface area contributed by atoms with Gasteiger partial charge in [0.1, 0.15) is 0 Å². The lowest BCUT2D eigenvalue weighted by Gasteiger charge is -2.04. The van der Waals surface area contributed by atoms with Gasteiger partial charge in [-0.1, -0.05) is 28.4 Å². The Bertz CT molecular complexity index is 331. The average Bonchev–Trinajstić information content (AvgIpc) is 2.95. The van der Waals surface area contributed by atoms with E-state index in [1.54, 1.807) is 0 Å². The van der Waals surface area contributed by atoms with Crippen molar-refractivity contribution in [2.75, 3.05) is 5.33 Å². The minimum atomic E-state index is 0.720. The fourth-order valence-electron chi connectivity index (χ4n) is 1.53. The van der Waals surface area contributed by atoms with Crippen LogP contribution in [0.1, 0.15) is 37.9 Å². The fraction of sp³-hybridized carbons (Fsp3) is 0.545. The van der Waals surface area contributed by atoms with Gasteiger partial charge in [0.15, 0.2) is 0 Å². The van der Waals surface area contributed by atoms with Crippen LogP contribution < -0.4 is 0 Å². The van der Waals surface area contributed by atoms with E-state index in [0.29, 0.717) is 0 Å². The second-order valence-electron chi connectivity index (χ2n) is 3.75. The van der Waals surface area contributed by atoms with Crippen LogP contribution >= 0.6 is 15.9 Å². The molecule has 1 aromatic rings. The highest BCUT2D eigenvalue weighted by atomic mass is 79.9. The fourth-order valence-corrected chi connectivity index (χ4v) is 2.09. The van der Waals surface area contributed by atoms with E-state index in [1.807, 2.05) is 12.5 Å². The summed E-state index contributed by atoms with van der Waals surface area (Å²) in [5, 5.41) is 0.958. The Hall–Kier alpha value is -0.570. The van der Waals surface area contributed by atoms with Gasteiger partial charge in [-0.15, -0.1) is 0 Å². The highest BCUT2D eigenvalue weighted by Crippen LogP contribution is 2.36. The normalized spacial score (nSPS) is 17.4.